The highest BCUT2D eigenvalue weighted by molar-refractivity contribution is 7.08. The molecule has 0 aliphatic heterocycles. The summed E-state index contributed by atoms with van der Waals surface area (Å²) >= 11 is 0. The van der Waals surface area contributed by atoms with Crippen LogP contribution in [0.5, 0.6) is 0 Å². The summed E-state index contributed by atoms with van der Waals surface area (Å²) in [5, 5.41) is 0. The molecule has 0 aliphatic rings. The zero-order chi connectivity index (χ0) is 6.62. The molecule has 1 unspecified atom stereocenters. The Morgan fingerprint density at radius 2 is 1.25 bits per heavy atom. The van der Waals surface area contributed by atoms with Gasteiger partial charge in [-0.3, -0.25) is 0 Å². The van der Waals surface area contributed by atoms with E-state index in [1.807, 2.05) is 0 Å². The van der Waals surface area contributed by atoms with Crippen molar-refractivity contribution in [1.29, 1.82) is 0 Å². The van der Waals surface area contributed by atoms with Crippen molar-refractivity contribution >= 4 is 9.39 Å². The lowest BCUT2D eigenvalue weighted by Crippen LogP contribution is -2.33. The zero-order valence-corrected chi connectivity index (χ0v) is 6.40. The fraction of sp³-hybridized carbons (Fsp3) is 1.00. The molecule has 0 aliphatic carbocycles. The van der Waals surface area contributed by atoms with Gasteiger partial charge in [0.2, 0.25) is 0 Å². The van der Waals surface area contributed by atoms with Crippen molar-refractivity contribution in [2.45, 2.75) is 0 Å². The van der Waals surface area contributed by atoms with Crippen LogP contribution in [0, 0.1) is 0 Å². The van der Waals surface area contributed by atoms with Crippen LogP contribution in [0.1, 0.15) is 0 Å². The lowest BCUT2D eigenvalue weighted by Gasteiger charge is -2.18. The van der Waals surface area contributed by atoms with Crippen molar-refractivity contribution < 1.29 is 19.3 Å². The lowest BCUT2D eigenvalue weighted by molar-refractivity contribution is -1.28. The number of quaternary nitrogens is 1. The highest BCUT2D eigenvalue weighted by atomic mass is 31.0. The van der Waals surface area contributed by atoms with Gasteiger partial charge in [-0.05, 0) is 0 Å². The molecule has 0 rings (SSSR count). The van der Waals surface area contributed by atoms with Crippen LogP contribution < -0.4 is 0 Å². The van der Waals surface area contributed by atoms with Gasteiger partial charge in [0.25, 0.3) is 0 Å². The molecule has 0 N–H and O–H groups in total. The zero-order valence-electron chi connectivity index (χ0n) is 5.25. The van der Waals surface area contributed by atoms with E-state index in [1.54, 1.807) is 0 Å². The molecular formula is C3H11NO3P+. The summed E-state index contributed by atoms with van der Waals surface area (Å²) in [7, 11) is 6.63. The summed E-state index contributed by atoms with van der Waals surface area (Å²) in [6.45, 7) is 0. The Hall–Kier alpha value is 0.270. The molecule has 0 aromatic heterocycles. The van der Waals surface area contributed by atoms with Crippen molar-refractivity contribution in [3.05, 3.63) is 0 Å². The highest BCUT2D eigenvalue weighted by Gasteiger charge is 2.21. The van der Waals surface area contributed by atoms with Crippen LogP contribution in [0.3, 0.4) is 0 Å². The first kappa shape index (κ1) is 8.27. The van der Waals surface area contributed by atoms with Crippen LogP contribution in [0.25, 0.3) is 0 Å². The average molecular weight is 140 g/mol. The maximum absolute atomic E-state index is 4.69. The molecule has 0 amide bonds. The normalized spacial score (nSPS) is 12.0. The quantitative estimate of drug-likeness (QED) is 0.416. The van der Waals surface area contributed by atoms with E-state index in [0.717, 1.165) is 0 Å². The van der Waals surface area contributed by atoms with Gasteiger partial charge in [-0.1, -0.05) is 0 Å². The van der Waals surface area contributed by atoms with E-state index in [4.69, 9.17) is 14.5 Å². The van der Waals surface area contributed by atoms with Gasteiger partial charge in [0, 0.05) is 0 Å². The molecule has 50 valence electrons. The largest absolute Gasteiger partial charge is 0.188 e. The van der Waals surface area contributed by atoms with Gasteiger partial charge in [-0.25, -0.2) is 0 Å². The fourth-order valence-electron chi connectivity index (χ4n) is 0.224. The minimum atomic E-state index is -0.375. The third-order valence-electron chi connectivity index (χ3n) is 0.763. The Morgan fingerprint density at radius 3 is 1.25 bits per heavy atom. The number of rotatable bonds is 3. The van der Waals surface area contributed by atoms with E-state index in [1.165, 1.54) is 21.3 Å². The molecule has 0 aromatic rings. The number of nitrogens with zero attached hydrogens (tertiary/aromatic N) is 1. The Morgan fingerprint density at radius 1 is 1.00 bits per heavy atom. The van der Waals surface area contributed by atoms with Gasteiger partial charge in [0.15, 0.2) is 9.39 Å². The smallest absolute Gasteiger partial charge is 0.135 e. The number of hydrogen-bond acceptors (Lipinski definition) is 3. The molecule has 4 nitrogen and oxygen atoms in total. The molecule has 8 heavy (non-hydrogen) atoms. The first-order chi connectivity index (χ1) is 3.68. The Kier molecular flexibility index (Phi) is 3.44. The minimum absolute atomic E-state index is 0.375. The summed E-state index contributed by atoms with van der Waals surface area (Å²) in [6.07, 6.45) is 0. The van der Waals surface area contributed by atoms with Crippen molar-refractivity contribution in [3.8, 4) is 0 Å². The van der Waals surface area contributed by atoms with Crippen LogP contribution in [0.4, 0.5) is 0 Å². The van der Waals surface area contributed by atoms with Crippen molar-refractivity contribution in [3.63, 3.8) is 0 Å². The molecular weight excluding hydrogens is 129 g/mol. The maximum Gasteiger partial charge on any atom is 0.188 e. The van der Waals surface area contributed by atoms with E-state index in [-0.39, 0.29) is 4.74 Å². The second-order valence-corrected chi connectivity index (χ2v) is 1.72. The van der Waals surface area contributed by atoms with Crippen LogP contribution in [-0.4, -0.2) is 26.1 Å². The van der Waals surface area contributed by atoms with Crippen molar-refractivity contribution in [2.24, 2.45) is 0 Å². The average Bonchev–Trinajstić information content (AvgIpc) is 1.87. The van der Waals surface area contributed by atoms with Gasteiger partial charge >= 0.3 is 0 Å². The molecule has 0 radical (unpaired) electrons. The van der Waals surface area contributed by atoms with Gasteiger partial charge < -0.3 is 0 Å². The molecule has 0 saturated heterocycles. The first-order valence-corrected chi connectivity index (χ1v) is 2.55. The monoisotopic (exact) mass is 140 g/mol. The number of hydrogen-bond donors (Lipinski definition) is 0. The molecule has 0 saturated carbocycles. The van der Waals surface area contributed by atoms with E-state index in [9.17, 15) is 0 Å². The molecule has 0 fully saturated rings. The molecule has 0 spiro atoms. The molecule has 0 heterocycles. The van der Waals surface area contributed by atoms with Crippen molar-refractivity contribution in [1.82, 2.24) is 0 Å². The Labute approximate surface area is 51.0 Å². The predicted molar refractivity (Wildman–Crippen MR) is 31.0 cm³/mol. The van der Waals surface area contributed by atoms with Gasteiger partial charge in [0.05, 0.1) is 0 Å². The van der Waals surface area contributed by atoms with E-state index >= 15 is 0 Å². The van der Waals surface area contributed by atoms with Gasteiger partial charge in [0.1, 0.15) is 26.1 Å². The Balaban J connectivity index is 3.58. The lowest BCUT2D eigenvalue weighted by atomic mass is 11.7. The first-order valence-electron chi connectivity index (χ1n) is 2.03. The van der Waals surface area contributed by atoms with Crippen LogP contribution in [-0.2, 0) is 14.5 Å². The van der Waals surface area contributed by atoms with Gasteiger partial charge in [-0.2, -0.15) is 0 Å². The van der Waals surface area contributed by atoms with Crippen molar-refractivity contribution in [2.75, 3.05) is 21.3 Å². The van der Waals surface area contributed by atoms with Crippen LogP contribution in [0.2, 0.25) is 0 Å². The summed E-state index contributed by atoms with van der Waals surface area (Å²) in [4.78, 5) is 14.1. The molecule has 0 aromatic carbocycles. The molecule has 5 heteroatoms. The van der Waals surface area contributed by atoms with E-state index in [2.05, 4.69) is 9.39 Å². The van der Waals surface area contributed by atoms with Crippen LogP contribution >= 0.6 is 9.39 Å². The highest BCUT2D eigenvalue weighted by Crippen LogP contribution is 2.14. The summed E-state index contributed by atoms with van der Waals surface area (Å²) in [5.41, 5.74) is 0. The van der Waals surface area contributed by atoms with Gasteiger partial charge in [-0.15, -0.1) is 14.5 Å². The van der Waals surface area contributed by atoms with E-state index < -0.39 is 0 Å². The standard InChI is InChI=1S/C3H11NO3P/c1-5-4(8,6-2)7-3/h8H2,1-3H3/q+1. The predicted octanol–water partition coefficient (Wildman–Crippen LogP) is 0.278. The van der Waals surface area contributed by atoms with E-state index in [0.29, 0.717) is 0 Å². The Bertz CT molecular complexity index is 57.3. The fourth-order valence-corrected chi connectivity index (χ4v) is 0.224. The minimum Gasteiger partial charge on any atom is -0.135 e. The third-order valence-corrected chi connectivity index (χ3v) is 1.40. The molecule has 0 bridgehead atoms. The maximum atomic E-state index is 4.69. The third kappa shape index (κ3) is 2.03. The van der Waals surface area contributed by atoms with Crippen LogP contribution in [0.15, 0.2) is 0 Å². The molecule has 1 atom stereocenters. The topological polar surface area (TPSA) is 27.7 Å². The second kappa shape index (κ2) is 3.33. The summed E-state index contributed by atoms with van der Waals surface area (Å²) < 4.78 is -0.375. The second-order valence-electron chi connectivity index (χ2n) is 1.09. The SMILES string of the molecule is CO[N+](P)(OC)OC. The summed E-state index contributed by atoms with van der Waals surface area (Å²) in [5.74, 6) is 0. The summed E-state index contributed by atoms with van der Waals surface area (Å²) in [6, 6.07) is 0.